The van der Waals surface area contributed by atoms with Gasteiger partial charge in [0, 0.05) is 19.8 Å². The third kappa shape index (κ3) is 7.19. The summed E-state index contributed by atoms with van der Waals surface area (Å²) in [4.78, 5) is 0. The largest absolute Gasteiger partial charge is 0.492 e. The summed E-state index contributed by atoms with van der Waals surface area (Å²) in [6.07, 6.45) is 3.30. The fraction of sp³-hybridized carbons (Fsp3) is 0.625. The molecule has 0 heterocycles. The van der Waals surface area contributed by atoms with Gasteiger partial charge in [-0.3, -0.25) is 0 Å². The number of unbranched alkanes of at least 4 members (excludes halogenated alkanes) is 1. The number of hydrogen-bond acceptors (Lipinski definition) is 3. The Kier molecular flexibility index (Phi) is 9.11. The van der Waals surface area contributed by atoms with Crippen LogP contribution >= 0.6 is 0 Å². The minimum absolute atomic E-state index is 0.725. The van der Waals surface area contributed by atoms with Crippen LogP contribution in [-0.2, 0) is 11.2 Å². The molecule has 3 heteroatoms. The number of hydrogen-bond donors (Lipinski definition) is 1. The lowest BCUT2D eigenvalue weighted by atomic mass is 10.1. The average Bonchev–Trinajstić information content (AvgIpc) is 2.46. The second-order valence-electron chi connectivity index (χ2n) is 4.46. The van der Waals surface area contributed by atoms with Crippen LogP contribution in [0.15, 0.2) is 24.3 Å². The van der Waals surface area contributed by atoms with Crippen LogP contribution in [0.2, 0.25) is 0 Å². The highest BCUT2D eigenvalue weighted by atomic mass is 16.5. The Bertz CT molecular complexity index is 328. The molecule has 0 aliphatic carbocycles. The highest BCUT2D eigenvalue weighted by molar-refractivity contribution is 5.33. The third-order valence-electron chi connectivity index (χ3n) is 2.99. The minimum Gasteiger partial charge on any atom is -0.492 e. The molecule has 1 N–H and O–H groups in total. The Balaban J connectivity index is 2.01. The lowest BCUT2D eigenvalue weighted by molar-refractivity contribution is 0.143. The van der Waals surface area contributed by atoms with Gasteiger partial charge in [-0.25, -0.2) is 0 Å². The summed E-state index contributed by atoms with van der Waals surface area (Å²) >= 11 is 0. The molecule has 0 saturated carbocycles. The topological polar surface area (TPSA) is 30.5 Å². The van der Waals surface area contributed by atoms with Gasteiger partial charge in [-0.2, -0.15) is 0 Å². The van der Waals surface area contributed by atoms with E-state index in [1.54, 1.807) is 0 Å². The molecule has 0 spiro atoms. The maximum atomic E-state index is 5.79. The number of nitrogens with one attached hydrogen (secondary N) is 1. The summed E-state index contributed by atoms with van der Waals surface area (Å²) in [5.74, 6) is 1.02. The molecule has 3 nitrogen and oxygen atoms in total. The number of para-hydroxylation sites is 1. The Morgan fingerprint density at radius 3 is 2.63 bits per heavy atom. The molecule has 0 saturated heterocycles. The van der Waals surface area contributed by atoms with E-state index in [4.69, 9.17) is 9.47 Å². The van der Waals surface area contributed by atoms with E-state index >= 15 is 0 Å². The van der Waals surface area contributed by atoms with Crippen molar-refractivity contribution in [3.63, 3.8) is 0 Å². The van der Waals surface area contributed by atoms with E-state index in [1.165, 1.54) is 5.56 Å². The predicted molar refractivity (Wildman–Crippen MR) is 79.9 cm³/mol. The van der Waals surface area contributed by atoms with E-state index in [9.17, 15) is 0 Å². The molecule has 0 radical (unpaired) electrons. The summed E-state index contributed by atoms with van der Waals surface area (Å²) in [6, 6.07) is 8.25. The van der Waals surface area contributed by atoms with E-state index in [0.29, 0.717) is 0 Å². The molecule has 0 aliphatic heterocycles. The van der Waals surface area contributed by atoms with Crippen LogP contribution < -0.4 is 10.1 Å². The number of ether oxygens (including phenoxy) is 2. The normalized spacial score (nSPS) is 10.6. The summed E-state index contributed by atoms with van der Waals surface area (Å²) in [5.41, 5.74) is 1.28. The predicted octanol–water partition coefficient (Wildman–Crippen LogP) is 3.03. The van der Waals surface area contributed by atoms with Gasteiger partial charge in [0.1, 0.15) is 12.4 Å². The molecule has 0 aromatic heterocycles. The second kappa shape index (κ2) is 10.8. The molecular weight excluding hydrogens is 238 g/mol. The van der Waals surface area contributed by atoms with Crippen LogP contribution in [0.1, 0.15) is 32.3 Å². The van der Waals surface area contributed by atoms with Gasteiger partial charge in [0.15, 0.2) is 0 Å². The molecule has 108 valence electrons. The Hall–Kier alpha value is -1.06. The lowest BCUT2D eigenvalue weighted by Crippen LogP contribution is -2.22. The zero-order valence-electron chi connectivity index (χ0n) is 12.3. The smallest absolute Gasteiger partial charge is 0.122 e. The van der Waals surface area contributed by atoms with Crippen molar-refractivity contribution in [3.8, 4) is 5.75 Å². The quantitative estimate of drug-likeness (QED) is 0.624. The fourth-order valence-corrected chi connectivity index (χ4v) is 1.89. The van der Waals surface area contributed by atoms with Gasteiger partial charge < -0.3 is 14.8 Å². The van der Waals surface area contributed by atoms with Crippen molar-refractivity contribution in [2.75, 3.05) is 32.9 Å². The Morgan fingerprint density at radius 2 is 1.84 bits per heavy atom. The van der Waals surface area contributed by atoms with E-state index in [1.807, 2.05) is 19.1 Å². The lowest BCUT2D eigenvalue weighted by Gasteiger charge is -2.10. The second-order valence-corrected chi connectivity index (χ2v) is 4.46. The molecular formula is C16H27NO2. The standard InChI is InChI=1S/C16H27NO2/c1-3-15-9-5-6-10-16(15)19-14-12-17-11-7-8-13-18-4-2/h5-6,9-10,17H,3-4,7-8,11-14H2,1-2H3. The van der Waals surface area contributed by atoms with Crippen LogP contribution in [0.25, 0.3) is 0 Å². The van der Waals surface area contributed by atoms with Crippen LogP contribution in [0.3, 0.4) is 0 Å². The van der Waals surface area contributed by atoms with Crippen LogP contribution in [0, 0.1) is 0 Å². The van der Waals surface area contributed by atoms with Gasteiger partial charge in [-0.15, -0.1) is 0 Å². The highest BCUT2D eigenvalue weighted by Gasteiger charge is 1.99. The van der Waals surface area contributed by atoms with Gasteiger partial charge >= 0.3 is 0 Å². The molecule has 0 fully saturated rings. The van der Waals surface area contributed by atoms with Crippen LogP contribution in [0.5, 0.6) is 5.75 Å². The van der Waals surface area contributed by atoms with Crippen molar-refractivity contribution in [3.05, 3.63) is 29.8 Å². The minimum atomic E-state index is 0.725. The highest BCUT2D eigenvalue weighted by Crippen LogP contribution is 2.17. The van der Waals surface area contributed by atoms with Crippen molar-refractivity contribution in [1.29, 1.82) is 0 Å². The number of benzene rings is 1. The van der Waals surface area contributed by atoms with Crippen molar-refractivity contribution >= 4 is 0 Å². The molecule has 19 heavy (non-hydrogen) atoms. The van der Waals surface area contributed by atoms with E-state index in [2.05, 4.69) is 24.4 Å². The third-order valence-corrected chi connectivity index (χ3v) is 2.99. The van der Waals surface area contributed by atoms with E-state index in [-0.39, 0.29) is 0 Å². The number of rotatable bonds is 11. The molecule has 0 atom stereocenters. The monoisotopic (exact) mass is 265 g/mol. The average molecular weight is 265 g/mol. The van der Waals surface area contributed by atoms with Crippen molar-refractivity contribution in [2.24, 2.45) is 0 Å². The first-order valence-electron chi connectivity index (χ1n) is 7.37. The maximum Gasteiger partial charge on any atom is 0.122 e. The number of aryl methyl sites for hydroxylation is 1. The molecule has 0 unspecified atom stereocenters. The SMILES string of the molecule is CCOCCCCNCCOc1ccccc1CC. The molecule has 0 amide bonds. The van der Waals surface area contributed by atoms with Gasteiger partial charge in [0.2, 0.25) is 0 Å². The molecule has 1 rings (SSSR count). The van der Waals surface area contributed by atoms with Gasteiger partial charge in [-0.05, 0) is 44.4 Å². The Labute approximate surface area is 117 Å². The molecule has 1 aromatic rings. The zero-order chi connectivity index (χ0) is 13.8. The zero-order valence-corrected chi connectivity index (χ0v) is 12.3. The van der Waals surface area contributed by atoms with Gasteiger partial charge in [-0.1, -0.05) is 25.1 Å². The van der Waals surface area contributed by atoms with Crippen LogP contribution in [0.4, 0.5) is 0 Å². The van der Waals surface area contributed by atoms with Crippen molar-refractivity contribution < 1.29 is 9.47 Å². The first-order valence-corrected chi connectivity index (χ1v) is 7.37. The fourth-order valence-electron chi connectivity index (χ4n) is 1.89. The maximum absolute atomic E-state index is 5.79. The van der Waals surface area contributed by atoms with Gasteiger partial charge in [0.05, 0.1) is 0 Å². The molecule has 0 aliphatic rings. The summed E-state index contributed by atoms with van der Waals surface area (Å²) in [5, 5.41) is 3.39. The first-order chi connectivity index (χ1) is 9.38. The van der Waals surface area contributed by atoms with E-state index < -0.39 is 0 Å². The van der Waals surface area contributed by atoms with Gasteiger partial charge in [0.25, 0.3) is 0 Å². The summed E-state index contributed by atoms with van der Waals surface area (Å²) in [6.45, 7) is 8.53. The van der Waals surface area contributed by atoms with Crippen molar-refractivity contribution in [1.82, 2.24) is 5.32 Å². The summed E-state index contributed by atoms with van der Waals surface area (Å²) in [7, 11) is 0. The first kappa shape index (κ1) is 16.0. The molecule has 1 aromatic carbocycles. The summed E-state index contributed by atoms with van der Waals surface area (Å²) < 4.78 is 11.1. The van der Waals surface area contributed by atoms with Crippen LogP contribution in [-0.4, -0.2) is 32.9 Å². The van der Waals surface area contributed by atoms with Crippen molar-refractivity contribution in [2.45, 2.75) is 33.1 Å². The Morgan fingerprint density at radius 1 is 1.00 bits per heavy atom. The molecule has 0 bridgehead atoms. The van der Waals surface area contributed by atoms with E-state index in [0.717, 1.165) is 57.9 Å².